The standard InChI is InChI=1S/C13H17N5O/c1-8-10(7-17-18(8)2)6-16-12-4-3-9(13(15)19)5-11(12)14/h3-5,7,16H,6,14H2,1-2H3,(H2,15,19). The number of hydrogen-bond acceptors (Lipinski definition) is 4. The van der Waals surface area contributed by atoms with Crippen LogP contribution in [0.15, 0.2) is 24.4 Å². The summed E-state index contributed by atoms with van der Waals surface area (Å²) in [6, 6.07) is 4.97. The van der Waals surface area contributed by atoms with Crippen molar-refractivity contribution in [2.45, 2.75) is 13.5 Å². The van der Waals surface area contributed by atoms with E-state index >= 15 is 0 Å². The highest BCUT2D eigenvalue weighted by atomic mass is 16.1. The number of amides is 1. The first-order chi connectivity index (χ1) is 8.99. The van der Waals surface area contributed by atoms with Crippen molar-refractivity contribution in [3.63, 3.8) is 0 Å². The van der Waals surface area contributed by atoms with Gasteiger partial charge in [-0.05, 0) is 25.1 Å². The monoisotopic (exact) mass is 259 g/mol. The van der Waals surface area contributed by atoms with Gasteiger partial charge in [-0.2, -0.15) is 5.10 Å². The van der Waals surface area contributed by atoms with Crippen molar-refractivity contribution in [3.8, 4) is 0 Å². The van der Waals surface area contributed by atoms with Crippen LogP contribution in [0.25, 0.3) is 0 Å². The molecule has 100 valence electrons. The number of benzene rings is 1. The second-order valence-corrected chi connectivity index (χ2v) is 4.40. The van der Waals surface area contributed by atoms with Crippen molar-refractivity contribution < 1.29 is 4.79 Å². The molecule has 5 N–H and O–H groups in total. The van der Waals surface area contributed by atoms with Gasteiger partial charge in [0.15, 0.2) is 0 Å². The normalized spacial score (nSPS) is 10.4. The summed E-state index contributed by atoms with van der Waals surface area (Å²) in [7, 11) is 1.90. The van der Waals surface area contributed by atoms with E-state index in [1.54, 1.807) is 18.2 Å². The molecule has 0 bridgehead atoms. The lowest BCUT2D eigenvalue weighted by Gasteiger charge is -2.10. The molecule has 0 fully saturated rings. The zero-order valence-electron chi connectivity index (χ0n) is 11.0. The summed E-state index contributed by atoms with van der Waals surface area (Å²) in [5.74, 6) is -0.485. The Morgan fingerprint density at radius 3 is 2.74 bits per heavy atom. The molecule has 0 saturated carbocycles. The molecule has 19 heavy (non-hydrogen) atoms. The Bertz CT molecular complexity index is 617. The van der Waals surface area contributed by atoms with Crippen LogP contribution in [-0.4, -0.2) is 15.7 Å². The molecule has 0 atom stereocenters. The lowest BCUT2D eigenvalue weighted by atomic mass is 10.1. The van der Waals surface area contributed by atoms with Gasteiger partial charge in [0.25, 0.3) is 0 Å². The molecule has 0 spiro atoms. The van der Waals surface area contributed by atoms with Gasteiger partial charge in [0, 0.05) is 30.4 Å². The Labute approximate surface area is 111 Å². The molecule has 6 heteroatoms. The van der Waals surface area contributed by atoms with Gasteiger partial charge in [0.1, 0.15) is 0 Å². The molecule has 0 radical (unpaired) electrons. The second-order valence-electron chi connectivity index (χ2n) is 4.40. The van der Waals surface area contributed by atoms with E-state index in [0.29, 0.717) is 17.8 Å². The molecule has 1 amide bonds. The maximum atomic E-state index is 11.0. The van der Waals surface area contributed by atoms with E-state index in [9.17, 15) is 4.79 Å². The van der Waals surface area contributed by atoms with E-state index in [2.05, 4.69) is 10.4 Å². The number of aryl methyl sites for hydroxylation is 1. The number of primary amides is 1. The van der Waals surface area contributed by atoms with Crippen LogP contribution in [0.5, 0.6) is 0 Å². The minimum Gasteiger partial charge on any atom is -0.397 e. The number of nitrogens with two attached hydrogens (primary N) is 2. The zero-order valence-corrected chi connectivity index (χ0v) is 11.0. The zero-order chi connectivity index (χ0) is 14.0. The molecule has 0 aliphatic heterocycles. The highest BCUT2D eigenvalue weighted by molar-refractivity contribution is 5.94. The average Bonchev–Trinajstić information content (AvgIpc) is 2.68. The largest absolute Gasteiger partial charge is 0.397 e. The maximum Gasteiger partial charge on any atom is 0.248 e. The summed E-state index contributed by atoms with van der Waals surface area (Å²) in [6.07, 6.45) is 1.82. The van der Waals surface area contributed by atoms with Crippen LogP contribution in [-0.2, 0) is 13.6 Å². The van der Waals surface area contributed by atoms with Gasteiger partial charge in [-0.15, -0.1) is 0 Å². The van der Waals surface area contributed by atoms with E-state index in [4.69, 9.17) is 11.5 Å². The highest BCUT2D eigenvalue weighted by Gasteiger charge is 2.07. The van der Waals surface area contributed by atoms with Crippen LogP contribution in [0.1, 0.15) is 21.6 Å². The Hall–Kier alpha value is -2.50. The summed E-state index contributed by atoms with van der Waals surface area (Å²) >= 11 is 0. The average molecular weight is 259 g/mol. The van der Waals surface area contributed by atoms with Crippen molar-refractivity contribution in [2.75, 3.05) is 11.1 Å². The lowest BCUT2D eigenvalue weighted by molar-refractivity contribution is 0.100. The molecule has 0 unspecified atom stereocenters. The van der Waals surface area contributed by atoms with Gasteiger partial charge in [0.2, 0.25) is 5.91 Å². The number of rotatable bonds is 4. The Morgan fingerprint density at radius 2 is 2.21 bits per heavy atom. The van der Waals surface area contributed by atoms with Crippen molar-refractivity contribution in [1.82, 2.24) is 9.78 Å². The highest BCUT2D eigenvalue weighted by Crippen LogP contribution is 2.21. The predicted molar refractivity (Wildman–Crippen MR) is 74.6 cm³/mol. The minimum atomic E-state index is -0.485. The fourth-order valence-electron chi connectivity index (χ4n) is 1.79. The molecule has 0 aliphatic rings. The van der Waals surface area contributed by atoms with Crippen molar-refractivity contribution in [2.24, 2.45) is 12.8 Å². The number of carbonyl (C=O) groups is 1. The summed E-state index contributed by atoms with van der Waals surface area (Å²) in [4.78, 5) is 11.0. The third-order valence-electron chi connectivity index (χ3n) is 3.14. The number of hydrogen-bond donors (Lipinski definition) is 3. The number of nitrogen functional groups attached to an aromatic ring is 1. The van der Waals surface area contributed by atoms with Crippen LogP contribution < -0.4 is 16.8 Å². The third-order valence-corrected chi connectivity index (χ3v) is 3.14. The summed E-state index contributed by atoms with van der Waals surface area (Å²) in [5, 5.41) is 7.39. The summed E-state index contributed by atoms with van der Waals surface area (Å²) in [6.45, 7) is 2.63. The molecule has 1 aromatic heterocycles. The number of aromatic nitrogens is 2. The number of anilines is 2. The number of carbonyl (C=O) groups excluding carboxylic acids is 1. The second kappa shape index (κ2) is 5.01. The Morgan fingerprint density at radius 1 is 1.47 bits per heavy atom. The quantitative estimate of drug-likeness (QED) is 0.714. The molecule has 6 nitrogen and oxygen atoms in total. The third kappa shape index (κ3) is 2.67. The molecule has 1 aromatic carbocycles. The van der Waals surface area contributed by atoms with Gasteiger partial charge >= 0.3 is 0 Å². The fraction of sp³-hybridized carbons (Fsp3) is 0.231. The molecule has 1 heterocycles. The van der Waals surface area contributed by atoms with Gasteiger partial charge in [-0.3, -0.25) is 9.48 Å². The van der Waals surface area contributed by atoms with Crippen LogP contribution in [0, 0.1) is 6.92 Å². The van der Waals surface area contributed by atoms with Crippen LogP contribution in [0.3, 0.4) is 0 Å². The first kappa shape index (κ1) is 12.9. The van der Waals surface area contributed by atoms with Crippen LogP contribution in [0.2, 0.25) is 0 Å². The van der Waals surface area contributed by atoms with Crippen LogP contribution >= 0.6 is 0 Å². The first-order valence-electron chi connectivity index (χ1n) is 5.89. The van der Waals surface area contributed by atoms with Gasteiger partial charge < -0.3 is 16.8 Å². The van der Waals surface area contributed by atoms with E-state index in [0.717, 1.165) is 16.9 Å². The van der Waals surface area contributed by atoms with Gasteiger partial charge in [-0.25, -0.2) is 0 Å². The van der Waals surface area contributed by atoms with E-state index in [1.165, 1.54) is 0 Å². The maximum absolute atomic E-state index is 11.0. The lowest BCUT2D eigenvalue weighted by Crippen LogP contribution is -2.12. The van der Waals surface area contributed by atoms with Gasteiger partial charge in [-0.1, -0.05) is 0 Å². The SMILES string of the molecule is Cc1c(CNc2ccc(C(N)=O)cc2N)cnn1C. The Balaban J connectivity index is 2.12. The predicted octanol–water partition coefficient (Wildman–Crippen LogP) is 1.02. The van der Waals surface area contributed by atoms with E-state index < -0.39 is 5.91 Å². The molecular formula is C13H17N5O. The molecular weight excluding hydrogens is 242 g/mol. The molecule has 2 rings (SSSR count). The molecule has 2 aromatic rings. The summed E-state index contributed by atoms with van der Waals surface area (Å²) in [5.41, 5.74) is 14.9. The number of nitrogens with zero attached hydrogens (tertiary/aromatic N) is 2. The smallest absolute Gasteiger partial charge is 0.248 e. The summed E-state index contributed by atoms with van der Waals surface area (Å²) < 4.78 is 1.82. The molecule has 0 saturated heterocycles. The van der Waals surface area contributed by atoms with Gasteiger partial charge in [0.05, 0.1) is 17.6 Å². The minimum absolute atomic E-state index is 0.403. The first-order valence-corrected chi connectivity index (χ1v) is 5.89. The van der Waals surface area contributed by atoms with Crippen molar-refractivity contribution in [1.29, 1.82) is 0 Å². The van der Waals surface area contributed by atoms with E-state index in [1.807, 2.05) is 24.9 Å². The fourth-order valence-corrected chi connectivity index (χ4v) is 1.79. The number of nitrogens with one attached hydrogen (secondary N) is 1. The molecule has 0 aliphatic carbocycles. The Kier molecular flexibility index (Phi) is 3.41. The topological polar surface area (TPSA) is 99.0 Å². The van der Waals surface area contributed by atoms with Crippen molar-refractivity contribution in [3.05, 3.63) is 41.2 Å². The van der Waals surface area contributed by atoms with E-state index in [-0.39, 0.29) is 0 Å². The van der Waals surface area contributed by atoms with Crippen molar-refractivity contribution >= 4 is 17.3 Å². The van der Waals surface area contributed by atoms with Crippen LogP contribution in [0.4, 0.5) is 11.4 Å².